The molecule has 2 heterocycles. The van der Waals surface area contributed by atoms with Gasteiger partial charge < -0.3 is 14.6 Å². The fourth-order valence-electron chi connectivity index (χ4n) is 3.87. The molecule has 0 spiro atoms. The van der Waals surface area contributed by atoms with Gasteiger partial charge in [-0.2, -0.15) is 0 Å². The molecule has 4 rings (SSSR count). The molecule has 0 amide bonds. The number of aromatic nitrogens is 1. The molecule has 8 nitrogen and oxygen atoms in total. The van der Waals surface area contributed by atoms with Crippen molar-refractivity contribution in [3.05, 3.63) is 74.1 Å². The van der Waals surface area contributed by atoms with Crippen LogP contribution in [-0.4, -0.2) is 33.7 Å². The smallest absolute Gasteiger partial charge is 0.341 e. The van der Waals surface area contributed by atoms with Crippen LogP contribution in [0, 0.1) is 21.7 Å². The number of nitrogens with zero attached hydrogens (tertiary/aromatic N) is 3. The van der Waals surface area contributed by atoms with Crippen LogP contribution in [0.5, 0.6) is 0 Å². The van der Waals surface area contributed by atoms with Gasteiger partial charge in [0.05, 0.1) is 27.9 Å². The normalized spacial score (nSPS) is 14.1. The number of rotatable bonds is 4. The number of fused-ring (bicyclic) bond motifs is 1. The lowest BCUT2D eigenvalue weighted by molar-refractivity contribution is -0.385. The van der Waals surface area contributed by atoms with Crippen LogP contribution < -0.4 is 10.3 Å². The molecule has 1 aliphatic heterocycles. The predicted molar refractivity (Wildman–Crippen MR) is 109 cm³/mol. The maximum absolute atomic E-state index is 14.9. The number of carboxylic acid groups (broad SMARTS) is 1. The molecule has 31 heavy (non-hydrogen) atoms. The number of piperidine rings is 1. The third kappa shape index (κ3) is 3.60. The molecular formula is C21H17F2N3O5. The lowest BCUT2D eigenvalue weighted by Gasteiger charge is -2.29. The van der Waals surface area contributed by atoms with E-state index in [-0.39, 0.29) is 22.3 Å². The summed E-state index contributed by atoms with van der Waals surface area (Å²) in [4.78, 5) is 36.2. The number of benzene rings is 2. The first kappa shape index (κ1) is 20.5. The fourth-order valence-corrected chi connectivity index (χ4v) is 3.87. The van der Waals surface area contributed by atoms with E-state index in [4.69, 9.17) is 0 Å². The summed E-state index contributed by atoms with van der Waals surface area (Å²) in [7, 11) is 0. The number of hydrogen-bond acceptors (Lipinski definition) is 5. The van der Waals surface area contributed by atoms with Crippen LogP contribution in [0.25, 0.3) is 16.6 Å². The van der Waals surface area contributed by atoms with E-state index in [1.165, 1.54) is 6.07 Å². The van der Waals surface area contributed by atoms with Crippen molar-refractivity contribution in [3.8, 4) is 5.69 Å². The first-order chi connectivity index (χ1) is 14.8. The van der Waals surface area contributed by atoms with Gasteiger partial charge >= 0.3 is 5.97 Å². The first-order valence-electron chi connectivity index (χ1n) is 9.59. The number of non-ortho nitro benzene ring substituents is 1. The van der Waals surface area contributed by atoms with Crippen molar-refractivity contribution in [2.45, 2.75) is 19.3 Å². The number of aromatic carboxylic acids is 1. The Morgan fingerprint density at radius 3 is 2.32 bits per heavy atom. The highest BCUT2D eigenvalue weighted by molar-refractivity contribution is 5.94. The molecule has 0 atom stereocenters. The SMILES string of the molecule is O=C(O)c1cn(-c2ccc([N+](=O)[O-])cc2F)c2cc(N3CCCCC3)c(F)cc2c1=O. The molecule has 0 unspecified atom stereocenters. The van der Waals surface area contributed by atoms with Gasteiger partial charge in [0.15, 0.2) is 5.82 Å². The summed E-state index contributed by atoms with van der Waals surface area (Å²) in [6.45, 7) is 1.23. The molecule has 1 aromatic heterocycles. The maximum atomic E-state index is 14.9. The Balaban J connectivity index is 2.02. The van der Waals surface area contributed by atoms with Gasteiger partial charge in [0, 0.05) is 30.7 Å². The standard InChI is InChI=1S/C21H17F2N3O5/c22-15-8-12(26(30)31)4-5-17(15)25-11-14(21(28)29)20(27)13-9-16(23)19(10-18(13)25)24-6-2-1-3-7-24/h4-5,8-11H,1-3,6-7H2,(H,28,29). The van der Waals surface area contributed by atoms with Crippen molar-refractivity contribution in [1.29, 1.82) is 0 Å². The Labute approximate surface area is 174 Å². The summed E-state index contributed by atoms with van der Waals surface area (Å²) in [5, 5.41) is 20.1. The van der Waals surface area contributed by atoms with Crippen molar-refractivity contribution >= 4 is 28.2 Å². The Hall–Kier alpha value is -3.82. The molecule has 1 aliphatic rings. The van der Waals surface area contributed by atoms with E-state index in [1.807, 2.05) is 4.90 Å². The molecule has 3 aromatic rings. The third-order valence-corrected chi connectivity index (χ3v) is 5.40. The Morgan fingerprint density at radius 2 is 1.71 bits per heavy atom. The van der Waals surface area contributed by atoms with Crippen LogP contribution in [0.3, 0.4) is 0 Å². The number of nitro benzene ring substituents is 1. The van der Waals surface area contributed by atoms with Crippen molar-refractivity contribution in [2.24, 2.45) is 0 Å². The van der Waals surface area contributed by atoms with E-state index < -0.39 is 39.2 Å². The molecule has 1 N–H and O–H groups in total. The minimum absolute atomic E-state index is 0.102. The van der Waals surface area contributed by atoms with Crippen molar-refractivity contribution in [2.75, 3.05) is 18.0 Å². The van der Waals surface area contributed by atoms with Crippen LogP contribution in [-0.2, 0) is 0 Å². The summed E-state index contributed by atoms with van der Waals surface area (Å²) in [6.07, 6.45) is 3.72. The average molecular weight is 429 g/mol. The Bertz CT molecular complexity index is 1280. The number of halogens is 2. The van der Waals surface area contributed by atoms with Gasteiger partial charge in [-0.25, -0.2) is 13.6 Å². The van der Waals surface area contributed by atoms with Crippen molar-refractivity contribution < 1.29 is 23.6 Å². The molecule has 0 radical (unpaired) electrons. The second-order valence-corrected chi connectivity index (χ2v) is 7.31. The zero-order valence-electron chi connectivity index (χ0n) is 16.2. The van der Waals surface area contributed by atoms with Gasteiger partial charge in [0.1, 0.15) is 11.4 Å². The number of nitro groups is 1. The van der Waals surface area contributed by atoms with Gasteiger partial charge in [0.25, 0.3) is 5.69 Å². The monoisotopic (exact) mass is 429 g/mol. The summed E-state index contributed by atoms with van der Waals surface area (Å²) in [5.74, 6) is -3.22. The molecule has 160 valence electrons. The molecular weight excluding hydrogens is 412 g/mol. The van der Waals surface area contributed by atoms with E-state index in [2.05, 4.69) is 0 Å². The van der Waals surface area contributed by atoms with E-state index in [0.717, 1.165) is 48.2 Å². The maximum Gasteiger partial charge on any atom is 0.341 e. The fraction of sp³-hybridized carbons (Fsp3) is 0.238. The minimum atomic E-state index is -1.55. The van der Waals surface area contributed by atoms with Gasteiger partial charge in [-0.1, -0.05) is 0 Å². The highest BCUT2D eigenvalue weighted by Crippen LogP contribution is 2.30. The summed E-state index contributed by atoms with van der Waals surface area (Å²) in [5.41, 5.74) is -1.92. The Kier molecular flexibility index (Phi) is 5.14. The van der Waals surface area contributed by atoms with Crippen LogP contribution >= 0.6 is 0 Å². The second-order valence-electron chi connectivity index (χ2n) is 7.31. The number of carboxylic acids is 1. The van der Waals surface area contributed by atoms with Crippen LogP contribution in [0.1, 0.15) is 29.6 Å². The summed E-state index contributed by atoms with van der Waals surface area (Å²) >= 11 is 0. The lowest BCUT2D eigenvalue weighted by atomic mass is 10.1. The minimum Gasteiger partial charge on any atom is -0.477 e. The number of pyridine rings is 1. The largest absolute Gasteiger partial charge is 0.477 e. The molecule has 0 saturated carbocycles. The zero-order chi connectivity index (χ0) is 22.3. The van der Waals surface area contributed by atoms with Crippen molar-refractivity contribution in [1.82, 2.24) is 4.57 Å². The lowest BCUT2D eigenvalue weighted by Crippen LogP contribution is -2.30. The molecule has 2 aromatic carbocycles. The molecule has 0 aliphatic carbocycles. The van der Waals surface area contributed by atoms with Gasteiger partial charge in [-0.05, 0) is 37.5 Å². The molecule has 0 bridgehead atoms. The van der Waals surface area contributed by atoms with E-state index >= 15 is 0 Å². The topological polar surface area (TPSA) is 106 Å². The highest BCUT2D eigenvalue weighted by Gasteiger charge is 2.22. The van der Waals surface area contributed by atoms with E-state index in [1.54, 1.807) is 0 Å². The van der Waals surface area contributed by atoms with E-state index in [9.17, 15) is 33.6 Å². The Morgan fingerprint density at radius 1 is 1.03 bits per heavy atom. The highest BCUT2D eigenvalue weighted by atomic mass is 19.1. The van der Waals surface area contributed by atoms with Gasteiger partial charge in [-0.3, -0.25) is 14.9 Å². The molecule has 1 fully saturated rings. The summed E-state index contributed by atoms with van der Waals surface area (Å²) in [6, 6.07) is 5.25. The second kappa shape index (κ2) is 7.78. The van der Waals surface area contributed by atoms with E-state index in [0.29, 0.717) is 19.2 Å². The summed E-state index contributed by atoms with van der Waals surface area (Å²) < 4.78 is 30.8. The zero-order valence-corrected chi connectivity index (χ0v) is 16.2. The number of anilines is 1. The molecule has 10 heteroatoms. The average Bonchev–Trinajstić information content (AvgIpc) is 2.74. The van der Waals surface area contributed by atoms with Crippen LogP contribution in [0.4, 0.5) is 20.2 Å². The predicted octanol–water partition coefficient (Wildman–Crippen LogP) is 3.87. The van der Waals surface area contributed by atoms with Crippen molar-refractivity contribution in [3.63, 3.8) is 0 Å². The molecule has 1 saturated heterocycles. The first-order valence-corrected chi connectivity index (χ1v) is 9.59. The quantitative estimate of drug-likeness (QED) is 0.499. The number of hydrogen-bond donors (Lipinski definition) is 1. The van der Waals surface area contributed by atoms with Crippen LogP contribution in [0.15, 0.2) is 41.3 Å². The third-order valence-electron chi connectivity index (χ3n) is 5.40. The van der Waals surface area contributed by atoms with Gasteiger partial charge in [-0.15, -0.1) is 0 Å². The number of carbonyl (C=O) groups is 1. The van der Waals surface area contributed by atoms with Gasteiger partial charge in [0.2, 0.25) is 5.43 Å². The van der Waals surface area contributed by atoms with Crippen LogP contribution in [0.2, 0.25) is 0 Å².